The van der Waals surface area contributed by atoms with Crippen molar-refractivity contribution < 1.29 is 0 Å². The summed E-state index contributed by atoms with van der Waals surface area (Å²) >= 11 is 0. The maximum Gasteiger partial charge on any atom is -0.0110 e. The Morgan fingerprint density at radius 2 is 1.69 bits per heavy atom. The van der Waals surface area contributed by atoms with Gasteiger partial charge in [0.05, 0.1) is 0 Å². The maximum atomic E-state index is 2.79. The highest BCUT2D eigenvalue weighted by molar-refractivity contribution is 7.28. The third-order valence-electron chi connectivity index (χ3n) is 2.43. The van der Waals surface area contributed by atoms with Gasteiger partial charge in [-0.05, 0) is 28.1 Å². The van der Waals surface area contributed by atoms with Crippen molar-refractivity contribution in [3.63, 3.8) is 0 Å². The molecule has 1 heteroatoms. The molecule has 1 atom stereocenters. The highest BCUT2D eigenvalue weighted by Gasteiger charge is 1.99. The van der Waals surface area contributed by atoms with E-state index in [1.54, 1.807) is 0 Å². The van der Waals surface area contributed by atoms with Gasteiger partial charge in [0, 0.05) is 0 Å². The van der Waals surface area contributed by atoms with Gasteiger partial charge in [-0.15, -0.1) is 9.24 Å². The van der Waals surface area contributed by atoms with Gasteiger partial charge in [0.2, 0.25) is 0 Å². The lowest BCUT2D eigenvalue weighted by Gasteiger charge is -2.06. The molecule has 0 aliphatic carbocycles. The monoisotopic (exact) mass is 188 g/mol. The van der Waals surface area contributed by atoms with Gasteiger partial charge in [-0.3, -0.25) is 0 Å². The van der Waals surface area contributed by atoms with Crippen LogP contribution in [0.3, 0.4) is 0 Å². The largest absolute Gasteiger partial charge is 0.105 e. The van der Waals surface area contributed by atoms with E-state index in [-0.39, 0.29) is 0 Å². The summed E-state index contributed by atoms with van der Waals surface area (Å²) < 4.78 is 0. The zero-order chi connectivity index (χ0) is 9.26. The quantitative estimate of drug-likeness (QED) is 0.603. The van der Waals surface area contributed by atoms with Crippen LogP contribution in [0.2, 0.25) is 0 Å². The molecule has 0 amide bonds. The van der Waals surface area contributed by atoms with Crippen LogP contribution in [-0.2, 0) is 6.42 Å². The molecule has 13 heavy (non-hydrogen) atoms. The predicted octanol–water partition coefficient (Wildman–Crippen LogP) is 2.90. The van der Waals surface area contributed by atoms with Crippen LogP contribution in [0.25, 0.3) is 10.8 Å². The van der Waals surface area contributed by atoms with Crippen LogP contribution in [0, 0.1) is 0 Å². The topological polar surface area (TPSA) is 0 Å². The fourth-order valence-corrected chi connectivity index (χ4v) is 2.04. The molecule has 0 saturated carbocycles. The smallest absolute Gasteiger partial charge is 0.0110 e. The Hall–Kier alpha value is -0.870. The maximum absolute atomic E-state index is 2.79. The Labute approximate surface area is 81.2 Å². The second kappa shape index (κ2) is 3.47. The molecule has 2 aromatic rings. The van der Waals surface area contributed by atoms with Crippen molar-refractivity contribution in [2.75, 3.05) is 0 Å². The lowest BCUT2D eigenvalue weighted by Crippen LogP contribution is -1.95. The van der Waals surface area contributed by atoms with Gasteiger partial charge in [0.15, 0.2) is 0 Å². The number of benzene rings is 2. The van der Waals surface area contributed by atoms with Gasteiger partial charge in [0.25, 0.3) is 0 Å². The van der Waals surface area contributed by atoms with Crippen LogP contribution in [0.4, 0.5) is 0 Å². The normalized spacial score (nSPS) is 10.6. The van der Waals surface area contributed by atoms with Crippen LogP contribution in [0.5, 0.6) is 0 Å². The van der Waals surface area contributed by atoms with Gasteiger partial charge in [-0.1, -0.05) is 43.3 Å². The summed E-state index contributed by atoms with van der Waals surface area (Å²) in [6.45, 7) is 2.20. The number of aryl methyl sites for hydroxylation is 1. The molecule has 0 fully saturated rings. The van der Waals surface area contributed by atoms with E-state index in [1.165, 1.54) is 21.6 Å². The fourth-order valence-electron chi connectivity index (χ4n) is 1.69. The number of fused-ring (bicyclic) bond motifs is 1. The van der Waals surface area contributed by atoms with Crippen LogP contribution < -0.4 is 5.30 Å². The Morgan fingerprint density at radius 3 is 2.38 bits per heavy atom. The minimum Gasteiger partial charge on any atom is -0.105 e. The Morgan fingerprint density at radius 1 is 1.00 bits per heavy atom. The highest BCUT2D eigenvalue weighted by atomic mass is 31.0. The van der Waals surface area contributed by atoms with Gasteiger partial charge in [0.1, 0.15) is 0 Å². The van der Waals surface area contributed by atoms with Crippen LogP contribution in [-0.4, -0.2) is 0 Å². The molecule has 0 aliphatic heterocycles. The molecule has 0 nitrogen and oxygen atoms in total. The molecule has 0 N–H and O–H groups in total. The zero-order valence-corrected chi connectivity index (χ0v) is 8.90. The van der Waals surface area contributed by atoms with Gasteiger partial charge in [-0.2, -0.15) is 0 Å². The molecule has 0 heterocycles. The molecular formula is C12H13P. The second-order valence-corrected chi connectivity index (χ2v) is 3.84. The molecular weight excluding hydrogens is 175 g/mol. The SMILES string of the molecule is CCc1ccc(P)c2ccccc12. The molecule has 1 unspecified atom stereocenters. The van der Waals surface area contributed by atoms with E-state index >= 15 is 0 Å². The first-order chi connectivity index (χ1) is 6.33. The Balaban J connectivity index is 2.84. The van der Waals surface area contributed by atoms with Crippen molar-refractivity contribution in [1.29, 1.82) is 0 Å². The van der Waals surface area contributed by atoms with E-state index in [9.17, 15) is 0 Å². The standard InChI is InChI=1S/C12H13P/c1-2-9-7-8-12(13)11-6-4-3-5-10(9)11/h3-8H,2,13H2,1H3. The predicted molar refractivity (Wildman–Crippen MR) is 62.7 cm³/mol. The molecule has 0 radical (unpaired) electrons. The molecule has 0 aliphatic rings. The Bertz CT molecular complexity index is 432. The van der Waals surface area contributed by atoms with Crippen molar-refractivity contribution in [1.82, 2.24) is 0 Å². The van der Waals surface area contributed by atoms with Crippen LogP contribution in [0.15, 0.2) is 36.4 Å². The van der Waals surface area contributed by atoms with E-state index in [0.717, 1.165) is 6.42 Å². The summed E-state index contributed by atoms with van der Waals surface area (Å²) in [5.74, 6) is 0. The minimum absolute atomic E-state index is 1.10. The highest BCUT2D eigenvalue weighted by Crippen LogP contribution is 2.18. The first-order valence-corrected chi connectivity index (χ1v) is 5.16. The lowest BCUT2D eigenvalue weighted by molar-refractivity contribution is 1.16. The molecule has 0 bridgehead atoms. The number of hydrogen-bond donors (Lipinski definition) is 0. The second-order valence-electron chi connectivity index (χ2n) is 3.21. The van der Waals surface area contributed by atoms with Crippen molar-refractivity contribution in [2.24, 2.45) is 0 Å². The van der Waals surface area contributed by atoms with Crippen LogP contribution >= 0.6 is 9.24 Å². The van der Waals surface area contributed by atoms with Crippen molar-refractivity contribution >= 4 is 25.3 Å². The third kappa shape index (κ3) is 1.47. The lowest BCUT2D eigenvalue weighted by atomic mass is 10.0. The van der Waals surface area contributed by atoms with Gasteiger partial charge < -0.3 is 0 Å². The molecule has 2 aromatic carbocycles. The van der Waals surface area contributed by atoms with Gasteiger partial charge >= 0.3 is 0 Å². The first kappa shape index (κ1) is 8.72. The summed E-state index contributed by atoms with van der Waals surface area (Å²) in [4.78, 5) is 0. The first-order valence-electron chi connectivity index (χ1n) is 4.59. The zero-order valence-electron chi connectivity index (χ0n) is 7.75. The van der Waals surface area contributed by atoms with E-state index < -0.39 is 0 Å². The third-order valence-corrected chi connectivity index (χ3v) is 2.93. The summed E-state index contributed by atoms with van der Waals surface area (Å²) in [7, 11) is 2.79. The average molecular weight is 188 g/mol. The molecule has 2 rings (SSSR count). The van der Waals surface area contributed by atoms with Crippen molar-refractivity contribution in [3.05, 3.63) is 42.0 Å². The van der Waals surface area contributed by atoms with Crippen molar-refractivity contribution in [3.8, 4) is 0 Å². The number of hydrogen-bond acceptors (Lipinski definition) is 0. The van der Waals surface area contributed by atoms with Gasteiger partial charge in [-0.25, -0.2) is 0 Å². The average Bonchev–Trinajstić information content (AvgIpc) is 2.19. The van der Waals surface area contributed by atoms with E-state index in [4.69, 9.17) is 0 Å². The number of rotatable bonds is 1. The molecule has 0 saturated heterocycles. The molecule has 0 spiro atoms. The van der Waals surface area contributed by atoms with Crippen LogP contribution in [0.1, 0.15) is 12.5 Å². The fraction of sp³-hybridized carbons (Fsp3) is 0.167. The van der Waals surface area contributed by atoms with E-state index in [2.05, 4.69) is 52.6 Å². The van der Waals surface area contributed by atoms with Crippen molar-refractivity contribution in [2.45, 2.75) is 13.3 Å². The molecule has 0 aromatic heterocycles. The summed E-state index contributed by atoms with van der Waals surface area (Å²) in [6, 6.07) is 13.0. The minimum atomic E-state index is 1.10. The van der Waals surface area contributed by atoms with E-state index in [1.807, 2.05) is 0 Å². The summed E-state index contributed by atoms with van der Waals surface area (Å²) in [5, 5.41) is 4.03. The summed E-state index contributed by atoms with van der Waals surface area (Å²) in [6.07, 6.45) is 1.10. The molecule has 66 valence electrons. The Kier molecular flexibility index (Phi) is 2.33. The summed E-state index contributed by atoms with van der Waals surface area (Å²) in [5.41, 5.74) is 1.43. The van der Waals surface area contributed by atoms with E-state index in [0.29, 0.717) is 0 Å².